The van der Waals surface area contributed by atoms with Gasteiger partial charge in [-0.2, -0.15) is 12.7 Å². The van der Waals surface area contributed by atoms with E-state index in [1.807, 2.05) is 0 Å². The number of benzene rings is 3. The number of nitrogens with one attached hydrogen (secondary N) is 2. The molecule has 0 fully saturated rings. The molecule has 3 aromatic carbocycles. The summed E-state index contributed by atoms with van der Waals surface area (Å²) in [4.78, 5) is 12.6. The monoisotopic (exact) mass is 536 g/mol. The number of hydrogen-bond acceptors (Lipinski definition) is 6. The first-order chi connectivity index (χ1) is 16.9. The number of nitrogens with zero attached hydrogens (tertiary/aromatic N) is 2. The molecule has 0 bridgehead atoms. The zero-order valence-corrected chi connectivity index (χ0v) is 21.3. The van der Waals surface area contributed by atoms with Gasteiger partial charge < -0.3 is 10.1 Å². The van der Waals surface area contributed by atoms with Gasteiger partial charge in [0.2, 0.25) is 5.91 Å². The number of sulfonamides is 1. The van der Waals surface area contributed by atoms with Crippen LogP contribution in [0, 0.1) is 5.82 Å². The first-order valence-electron chi connectivity index (χ1n) is 10.5. The highest BCUT2D eigenvalue weighted by Gasteiger charge is 2.29. The number of carbonyl (C=O) groups is 1. The standard InChI is InChI=1S/C23H25FN4O6S2/c1-27(2)36(32,33)28(22-7-5-4-6-21(22)24)16-23(29)25-17-10-14-20(15-11-17)35(30,31)26-18-8-12-19(34-3)13-9-18/h4-15,26H,16H2,1-3H3,(H,25,29). The summed E-state index contributed by atoms with van der Waals surface area (Å²) in [5, 5.41) is 2.50. The third kappa shape index (κ3) is 6.30. The summed E-state index contributed by atoms with van der Waals surface area (Å²) < 4.78 is 74.1. The van der Waals surface area contributed by atoms with Gasteiger partial charge in [0.25, 0.3) is 10.0 Å². The minimum atomic E-state index is -4.19. The largest absolute Gasteiger partial charge is 0.497 e. The lowest BCUT2D eigenvalue weighted by molar-refractivity contribution is -0.114. The minimum Gasteiger partial charge on any atom is -0.497 e. The SMILES string of the molecule is COc1ccc(NS(=O)(=O)c2ccc(NC(=O)CN(c3ccccc3F)S(=O)(=O)N(C)C)cc2)cc1. The summed E-state index contributed by atoms with van der Waals surface area (Å²) in [5.74, 6) is -0.990. The van der Waals surface area contributed by atoms with Gasteiger partial charge in [-0.15, -0.1) is 0 Å². The van der Waals surface area contributed by atoms with Crippen LogP contribution in [-0.4, -0.2) is 54.8 Å². The Labute approximate surface area is 209 Å². The lowest BCUT2D eigenvalue weighted by atomic mass is 10.3. The molecule has 36 heavy (non-hydrogen) atoms. The smallest absolute Gasteiger partial charge is 0.304 e. The number of para-hydroxylation sites is 1. The van der Waals surface area contributed by atoms with Gasteiger partial charge in [0, 0.05) is 25.5 Å². The van der Waals surface area contributed by atoms with Crippen molar-refractivity contribution >= 4 is 43.2 Å². The van der Waals surface area contributed by atoms with E-state index in [0.717, 1.165) is 10.4 Å². The lowest BCUT2D eigenvalue weighted by Crippen LogP contribution is -2.44. The molecule has 0 radical (unpaired) electrons. The van der Waals surface area contributed by atoms with Gasteiger partial charge in [-0.05, 0) is 60.7 Å². The van der Waals surface area contributed by atoms with Crippen molar-refractivity contribution < 1.29 is 30.8 Å². The predicted molar refractivity (Wildman–Crippen MR) is 135 cm³/mol. The second-order valence-electron chi connectivity index (χ2n) is 7.65. The van der Waals surface area contributed by atoms with E-state index in [9.17, 15) is 26.0 Å². The number of amides is 1. The van der Waals surface area contributed by atoms with Crippen molar-refractivity contribution in [3.63, 3.8) is 0 Å². The number of ether oxygens (including phenoxy) is 1. The van der Waals surface area contributed by atoms with E-state index < -0.39 is 38.5 Å². The predicted octanol–water partition coefficient (Wildman–Crippen LogP) is 2.89. The van der Waals surface area contributed by atoms with Crippen LogP contribution in [0.5, 0.6) is 5.75 Å². The van der Waals surface area contributed by atoms with Crippen LogP contribution in [0.1, 0.15) is 0 Å². The van der Waals surface area contributed by atoms with Crippen molar-refractivity contribution in [2.24, 2.45) is 0 Å². The fourth-order valence-corrected chi connectivity index (χ4v) is 5.19. The van der Waals surface area contributed by atoms with Crippen LogP contribution in [0.4, 0.5) is 21.5 Å². The van der Waals surface area contributed by atoms with Gasteiger partial charge in [0.05, 0.1) is 17.7 Å². The van der Waals surface area contributed by atoms with Crippen molar-refractivity contribution in [2.45, 2.75) is 4.90 Å². The molecule has 192 valence electrons. The molecule has 0 aromatic heterocycles. The molecule has 2 N–H and O–H groups in total. The number of methoxy groups -OCH3 is 1. The van der Waals surface area contributed by atoms with E-state index >= 15 is 0 Å². The molecule has 0 aliphatic heterocycles. The van der Waals surface area contributed by atoms with Gasteiger partial charge in [-0.1, -0.05) is 12.1 Å². The summed E-state index contributed by atoms with van der Waals surface area (Å²) in [7, 11) is -4.07. The van der Waals surface area contributed by atoms with Crippen molar-refractivity contribution in [3.8, 4) is 5.75 Å². The lowest BCUT2D eigenvalue weighted by Gasteiger charge is -2.27. The van der Waals surface area contributed by atoms with E-state index in [0.29, 0.717) is 15.7 Å². The first kappa shape index (κ1) is 26.9. The average Bonchev–Trinajstić information content (AvgIpc) is 2.83. The van der Waals surface area contributed by atoms with Crippen LogP contribution in [0.2, 0.25) is 0 Å². The van der Waals surface area contributed by atoms with Crippen LogP contribution in [-0.2, 0) is 25.0 Å². The topological polar surface area (TPSA) is 125 Å². The van der Waals surface area contributed by atoms with Gasteiger partial charge in [-0.3, -0.25) is 9.52 Å². The quantitative estimate of drug-likeness (QED) is 0.411. The second kappa shape index (κ2) is 10.9. The van der Waals surface area contributed by atoms with E-state index in [-0.39, 0.29) is 16.3 Å². The molecular formula is C23H25FN4O6S2. The number of hydrogen-bond donors (Lipinski definition) is 2. The van der Waals surface area contributed by atoms with Crippen LogP contribution >= 0.6 is 0 Å². The Morgan fingerprint density at radius 2 is 1.47 bits per heavy atom. The van der Waals surface area contributed by atoms with E-state index in [4.69, 9.17) is 4.74 Å². The number of anilines is 3. The Morgan fingerprint density at radius 1 is 0.889 bits per heavy atom. The number of carbonyl (C=O) groups excluding carboxylic acids is 1. The average molecular weight is 537 g/mol. The summed E-state index contributed by atoms with van der Waals surface area (Å²) in [6.07, 6.45) is 0. The van der Waals surface area contributed by atoms with Crippen molar-refractivity contribution in [3.05, 3.63) is 78.6 Å². The fourth-order valence-electron chi connectivity index (χ4n) is 3.06. The molecule has 3 aromatic rings. The molecule has 0 saturated carbocycles. The van der Waals surface area contributed by atoms with Crippen LogP contribution in [0.3, 0.4) is 0 Å². The molecule has 0 saturated heterocycles. The normalized spacial score (nSPS) is 11.7. The zero-order valence-electron chi connectivity index (χ0n) is 19.7. The van der Waals surface area contributed by atoms with Crippen LogP contribution < -0.4 is 19.1 Å². The molecule has 0 aliphatic rings. The Kier molecular flexibility index (Phi) is 8.17. The molecule has 0 spiro atoms. The van der Waals surface area contributed by atoms with Gasteiger partial charge in [0.15, 0.2) is 0 Å². The van der Waals surface area contributed by atoms with Gasteiger partial charge in [-0.25, -0.2) is 17.1 Å². The Bertz CT molecular complexity index is 1430. The molecular weight excluding hydrogens is 511 g/mol. The van der Waals surface area contributed by atoms with E-state index in [2.05, 4.69) is 10.0 Å². The summed E-state index contributed by atoms with van der Waals surface area (Å²) >= 11 is 0. The maximum absolute atomic E-state index is 14.3. The summed E-state index contributed by atoms with van der Waals surface area (Å²) in [6, 6.07) is 16.8. The summed E-state index contributed by atoms with van der Waals surface area (Å²) in [6.45, 7) is -0.708. The third-order valence-electron chi connectivity index (χ3n) is 4.94. The van der Waals surface area contributed by atoms with Crippen LogP contribution in [0.25, 0.3) is 0 Å². The van der Waals surface area contributed by atoms with Crippen molar-refractivity contribution in [2.75, 3.05) is 42.1 Å². The van der Waals surface area contributed by atoms with Gasteiger partial charge >= 0.3 is 10.2 Å². The number of halogens is 1. The second-order valence-corrected chi connectivity index (χ2v) is 11.4. The first-order valence-corrected chi connectivity index (χ1v) is 13.3. The van der Waals surface area contributed by atoms with Crippen molar-refractivity contribution in [1.29, 1.82) is 0 Å². The molecule has 10 nitrogen and oxygen atoms in total. The molecule has 0 atom stereocenters. The zero-order chi connectivity index (χ0) is 26.5. The van der Waals surface area contributed by atoms with Crippen LogP contribution in [0.15, 0.2) is 77.7 Å². The highest BCUT2D eigenvalue weighted by atomic mass is 32.2. The molecule has 0 unspecified atom stereocenters. The molecule has 3 rings (SSSR count). The Hall–Kier alpha value is -3.68. The fraction of sp³-hybridized carbons (Fsp3) is 0.174. The Morgan fingerprint density at radius 3 is 2.03 bits per heavy atom. The highest BCUT2D eigenvalue weighted by molar-refractivity contribution is 7.92. The van der Waals surface area contributed by atoms with E-state index in [1.165, 1.54) is 63.7 Å². The van der Waals surface area contributed by atoms with Gasteiger partial charge in [0.1, 0.15) is 18.1 Å². The molecule has 1 amide bonds. The third-order valence-corrected chi connectivity index (χ3v) is 8.14. The molecule has 0 heterocycles. The molecule has 13 heteroatoms. The Balaban J connectivity index is 1.74. The summed E-state index contributed by atoms with van der Waals surface area (Å²) in [5.41, 5.74) is 0.273. The maximum Gasteiger partial charge on any atom is 0.304 e. The van der Waals surface area contributed by atoms with Crippen molar-refractivity contribution in [1.82, 2.24) is 4.31 Å². The number of rotatable bonds is 10. The minimum absolute atomic E-state index is 0.0560. The van der Waals surface area contributed by atoms with E-state index in [1.54, 1.807) is 24.3 Å². The maximum atomic E-state index is 14.3. The highest BCUT2D eigenvalue weighted by Crippen LogP contribution is 2.24. The molecule has 0 aliphatic carbocycles.